The third kappa shape index (κ3) is 1.36. The van der Waals surface area contributed by atoms with Gasteiger partial charge in [-0.25, -0.2) is 4.45 Å². The Bertz CT molecular complexity index is 410. The van der Waals surface area contributed by atoms with E-state index in [-0.39, 0.29) is 0 Å². The summed E-state index contributed by atoms with van der Waals surface area (Å²) in [6.45, 7) is 2.10. The topological polar surface area (TPSA) is 17.8 Å². The molecule has 2 nitrogen and oxygen atoms in total. The van der Waals surface area contributed by atoms with Crippen molar-refractivity contribution in [2.75, 3.05) is 0 Å². The summed E-state index contributed by atoms with van der Waals surface area (Å²) in [5, 5.41) is 5.51. The molecule has 0 amide bonds. The molecule has 0 bridgehead atoms. The summed E-state index contributed by atoms with van der Waals surface area (Å²) in [5.41, 5.74) is 2.52. The largest absolute Gasteiger partial charge is 0.237 e. The summed E-state index contributed by atoms with van der Waals surface area (Å²) in [5.74, 6) is 0. The lowest BCUT2D eigenvalue weighted by Gasteiger charge is -1.96. The standard InChI is InChI=1S/C8H8IN2P/c1-6-2-3-8-7(4-6)5-10-11(8)12-9/h2-5,12H,1H3. The van der Waals surface area contributed by atoms with Crippen LogP contribution in [0.15, 0.2) is 24.4 Å². The summed E-state index contributed by atoms with van der Waals surface area (Å²) in [7, 11) is 0. The van der Waals surface area contributed by atoms with E-state index in [1.54, 1.807) is 0 Å². The number of nitrogens with zero attached hydrogens (tertiary/aromatic N) is 2. The molecule has 0 aliphatic carbocycles. The molecule has 0 spiro atoms. The van der Waals surface area contributed by atoms with E-state index in [1.807, 2.05) is 10.6 Å². The Morgan fingerprint density at radius 3 is 3.08 bits per heavy atom. The number of hydrogen-bond donors (Lipinski definition) is 0. The summed E-state index contributed by atoms with van der Waals surface area (Å²) < 4.78 is 2.02. The molecule has 1 unspecified atom stereocenters. The molecule has 1 atom stereocenters. The van der Waals surface area contributed by atoms with Gasteiger partial charge >= 0.3 is 0 Å². The van der Waals surface area contributed by atoms with Crippen molar-refractivity contribution >= 4 is 39.3 Å². The lowest BCUT2D eigenvalue weighted by molar-refractivity contribution is 1.04. The molecule has 2 rings (SSSR count). The minimum atomic E-state index is 0.681. The van der Waals surface area contributed by atoms with Crippen molar-refractivity contribution in [3.63, 3.8) is 0 Å². The first-order valence-electron chi connectivity index (χ1n) is 3.62. The monoisotopic (exact) mass is 290 g/mol. The maximum absolute atomic E-state index is 4.28. The molecule has 1 aromatic heterocycles. The summed E-state index contributed by atoms with van der Waals surface area (Å²) in [6.07, 6.45) is 2.61. The number of fused-ring (bicyclic) bond motifs is 1. The van der Waals surface area contributed by atoms with Crippen LogP contribution in [0.2, 0.25) is 0 Å². The van der Waals surface area contributed by atoms with E-state index in [1.165, 1.54) is 16.5 Å². The van der Waals surface area contributed by atoms with Gasteiger partial charge in [0.1, 0.15) is 0 Å². The molecule has 1 aromatic carbocycles. The molecule has 4 heteroatoms. The number of hydrogen-bond acceptors (Lipinski definition) is 1. The van der Waals surface area contributed by atoms with Gasteiger partial charge in [0.2, 0.25) is 0 Å². The Morgan fingerprint density at radius 1 is 1.50 bits per heavy atom. The van der Waals surface area contributed by atoms with Crippen LogP contribution in [0.4, 0.5) is 0 Å². The first-order chi connectivity index (χ1) is 5.81. The third-order valence-electron chi connectivity index (χ3n) is 1.80. The van der Waals surface area contributed by atoms with Gasteiger partial charge in [-0.15, -0.1) is 0 Å². The Hall–Kier alpha value is -0.150. The van der Waals surface area contributed by atoms with Crippen molar-refractivity contribution < 1.29 is 0 Å². The zero-order chi connectivity index (χ0) is 8.55. The lowest BCUT2D eigenvalue weighted by atomic mass is 10.2. The fourth-order valence-electron chi connectivity index (χ4n) is 1.22. The summed E-state index contributed by atoms with van der Waals surface area (Å²) in [6, 6.07) is 6.41. The van der Waals surface area contributed by atoms with Crippen molar-refractivity contribution in [2.24, 2.45) is 0 Å². The maximum atomic E-state index is 4.28. The third-order valence-corrected chi connectivity index (χ3v) is 3.69. The van der Waals surface area contributed by atoms with Crippen LogP contribution in [0.1, 0.15) is 5.56 Å². The second-order valence-corrected chi connectivity index (χ2v) is 4.74. The average Bonchev–Trinajstić information content (AvgIpc) is 2.46. The van der Waals surface area contributed by atoms with Gasteiger partial charge < -0.3 is 0 Å². The van der Waals surface area contributed by atoms with Gasteiger partial charge in [0.15, 0.2) is 0 Å². The second kappa shape index (κ2) is 3.30. The molecule has 12 heavy (non-hydrogen) atoms. The minimum Gasteiger partial charge on any atom is -0.237 e. The van der Waals surface area contributed by atoms with Crippen LogP contribution in [-0.4, -0.2) is 9.55 Å². The second-order valence-electron chi connectivity index (χ2n) is 2.70. The van der Waals surface area contributed by atoms with E-state index < -0.39 is 0 Å². The zero-order valence-corrected chi connectivity index (χ0v) is 9.74. The van der Waals surface area contributed by atoms with E-state index in [2.05, 4.69) is 52.3 Å². The van der Waals surface area contributed by atoms with E-state index in [4.69, 9.17) is 0 Å². The molecule has 1 heterocycles. The highest BCUT2D eigenvalue weighted by Crippen LogP contribution is 2.28. The molecular weight excluding hydrogens is 282 g/mol. The van der Waals surface area contributed by atoms with E-state index >= 15 is 0 Å². The molecule has 0 fully saturated rings. The fourth-order valence-corrected chi connectivity index (χ4v) is 2.77. The predicted molar refractivity (Wildman–Crippen MR) is 62.2 cm³/mol. The van der Waals surface area contributed by atoms with Crippen LogP contribution in [0.3, 0.4) is 0 Å². The first kappa shape index (κ1) is 8.45. The number of aromatic nitrogens is 2. The maximum Gasteiger partial charge on any atom is 0.0729 e. The van der Waals surface area contributed by atoms with Gasteiger partial charge in [-0.1, -0.05) is 11.6 Å². The Labute approximate surface area is 85.7 Å². The van der Waals surface area contributed by atoms with Gasteiger partial charge in [-0.2, -0.15) is 5.10 Å². The lowest BCUT2D eigenvalue weighted by Crippen LogP contribution is -1.81. The zero-order valence-electron chi connectivity index (χ0n) is 6.58. The Balaban J connectivity index is 2.73. The van der Waals surface area contributed by atoms with Gasteiger partial charge in [-0.3, -0.25) is 0 Å². The molecular formula is C8H8IN2P. The van der Waals surface area contributed by atoms with E-state index in [0.717, 1.165) is 0 Å². The highest BCUT2D eigenvalue weighted by Gasteiger charge is 1.99. The number of aryl methyl sites for hydroxylation is 1. The van der Waals surface area contributed by atoms with Gasteiger partial charge in [0.05, 0.1) is 18.1 Å². The van der Waals surface area contributed by atoms with Crippen LogP contribution in [0.25, 0.3) is 10.9 Å². The van der Waals surface area contributed by atoms with Crippen LogP contribution in [-0.2, 0) is 0 Å². The highest BCUT2D eigenvalue weighted by molar-refractivity contribution is 14.2. The number of rotatable bonds is 1. The van der Waals surface area contributed by atoms with Crippen molar-refractivity contribution in [1.29, 1.82) is 0 Å². The first-order valence-corrected chi connectivity index (χ1v) is 7.68. The molecule has 0 radical (unpaired) electrons. The van der Waals surface area contributed by atoms with Crippen molar-refractivity contribution in [3.8, 4) is 0 Å². The SMILES string of the molecule is Cc1ccc2c(cnn2PI)c1. The van der Waals surface area contributed by atoms with Crippen molar-refractivity contribution in [1.82, 2.24) is 9.55 Å². The quantitative estimate of drug-likeness (QED) is 0.583. The average molecular weight is 290 g/mol. The van der Waals surface area contributed by atoms with Crippen LogP contribution < -0.4 is 0 Å². The molecule has 0 aliphatic heterocycles. The summed E-state index contributed by atoms with van der Waals surface area (Å²) >= 11 is 2.33. The molecule has 0 N–H and O–H groups in total. The number of halogens is 1. The van der Waals surface area contributed by atoms with Crippen LogP contribution in [0.5, 0.6) is 0 Å². The highest BCUT2D eigenvalue weighted by atomic mass is 127. The number of benzene rings is 1. The van der Waals surface area contributed by atoms with Gasteiger partial charge in [-0.05, 0) is 41.1 Å². The normalized spacial score (nSPS) is 11.8. The molecule has 0 saturated heterocycles. The van der Waals surface area contributed by atoms with Crippen molar-refractivity contribution in [3.05, 3.63) is 30.0 Å². The smallest absolute Gasteiger partial charge is 0.0729 e. The van der Waals surface area contributed by atoms with Crippen LogP contribution >= 0.6 is 28.4 Å². The minimum absolute atomic E-state index is 0.681. The van der Waals surface area contributed by atoms with Crippen molar-refractivity contribution in [2.45, 2.75) is 6.92 Å². The molecule has 62 valence electrons. The van der Waals surface area contributed by atoms with E-state index in [0.29, 0.717) is 6.37 Å². The van der Waals surface area contributed by atoms with E-state index in [9.17, 15) is 0 Å². The Kier molecular flexibility index (Phi) is 2.33. The summed E-state index contributed by atoms with van der Waals surface area (Å²) in [4.78, 5) is 0. The molecule has 0 saturated carbocycles. The predicted octanol–water partition coefficient (Wildman–Crippen LogP) is 3.14. The fraction of sp³-hybridized carbons (Fsp3) is 0.125. The Morgan fingerprint density at radius 2 is 2.33 bits per heavy atom. The molecule has 2 aromatic rings. The van der Waals surface area contributed by atoms with Gasteiger partial charge in [0.25, 0.3) is 0 Å². The molecule has 0 aliphatic rings. The van der Waals surface area contributed by atoms with Gasteiger partial charge in [0, 0.05) is 5.39 Å². The van der Waals surface area contributed by atoms with Crippen LogP contribution in [0, 0.1) is 6.92 Å².